The molecule has 0 aromatic heterocycles. The van der Waals surface area contributed by atoms with Gasteiger partial charge in [-0.05, 0) is 97.2 Å². The number of fused-ring (bicyclic) bond motifs is 1. The van der Waals surface area contributed by atoms with E-state index >= 15 is 0 Å². The molecule has 256 valence electrons. The van der Waals surface area contributed by atoms with Crippen LogP contribution >= 0.6 is 0 Å². The summed E-state index contributed by atoms with van der Waals surface area (Å²) in [5.74, 6) is 0.129. The molecule has 0 heterocycles. The van der Waals surface area contributed by atoms with Crippen LogP contribution in [0.3, 0.4) is 0 Å². The molecule has 0 aliphatic heterocycles. The lowest BCUT2D eigenvalue weighted by Crippen LogP contribution is -2.09. The molecule has 0 fully saturated rings. The summed E-state index contributed by atoms with van der Waals surface area (Å²) in [4.78, 5) is 2.34. The molecular formula is C53H39N. The van der Waals surface area contributed by atoms with Gasteiger partial charge in [0.05, 0.1) is 0 Å². The molecule has 54 heavy (non-hydrogen) atoms. The molecule has 1 heteroatoms. The van der Waals surface area contributed by atoms with Crippen molar-refractivity contribution in [1.29, 1.82) is 0 Å². The van der Waals surface area contributed by atoms with Gasteiger partial charge in [-0.15, -0.1) is 0 Å². The number of hydrogen-bond acceptors (Lipinski definition) is 1. The van der Waals surface area contributed by atoms with E-state index in [4.69, 9.17) is 0 Å². The second kappa shape index (κ2) is 14.9. The molecule has 0 saturated carbocycles. The number of rotatable bonds is 9. The van der Waals surface area contributed by atoms with E-state index in [0.717, 1.165) is 17.1 Å². The molecular weight excluding hydrogens is 651 g/mol. The highest BCUT2D eigenvalue weighted by atomic mass is 15.1. The van der Waals surface area contributed by atoms with Gasteiger partial charge < -0.3 is 4.90 Å². The van der Waals surface area contributed by atoms with Crippen molar-refractivity contribution in [1.82, 2.24) is 0 Å². The molecule has 1 nitrogen and oxygen atoms in total. The topological polar surface area (TPSA) is 3.24 Å². The van der Waals surface area contributed by atoms with Gasteiger partial charge in [-0.1, -0.05) is 194 Å². The minimum absolute atomic E-state index is 0.129. The van der Waals surface area contributed by atoms with Crippen LogP contribution in [-0.2, 0) is 0 Å². The van der Waals surface area contributed by atoms with Crippen LogP contribution in [-0.4, -0.2) is 0 Å². The van der Waals surface area contributed by atoms with E-state index in [2.05, 4.69) is 235 Å². The zero-order chi connectivity index (χ0) is 36.1. The van der Waals surface area contributed by atoms with E-state index in [-0.39, 0.29) is 5.92 Å². The van der Waals surface area contributed by atoms with E-state index < -0.39 is 0 Å². The van der Waals surface area contributed by atoms with Gasteiger partial charge in [0, 0.05) is 23.0 Å². The zero-order valence-electron chi connectivity index (χ0n) is 30.0. The number of benzene rings is 9. The molecule has 0 saturated heterocycles. The van der Waals surface area contributed by atoms with Gasteiger partial charge in [0.15, 0.2) is 0 Å². The quantitative estimate of drug-likeness (QED) is 0.136. The molecule has 0 bridgehead atoms. The summed E-state index contributed by atoms with van der Waals surface area (Å²) < 4.78 is 0. The average molecular weight is 690 g/mol. The normalized spacial score (nSPS) is 11.6. The van der Waals surface area contributed by atoms with Crippen molar-refractivity contribution >= 4 is 27.8 Å². The lowest BCUT2D eigenvalue weighted by molar-refractivity contribution is 0.989. The van der Waals surface area contributed by atoms with Crippen LogP contribution in [0.15, 0.2) is 231 Å². The van der Waals surface area contributed by atoms with Crippen LogP contribution in [0.25, 0.3) is 44.2 Å². The van der Waals surface area contributed by atoms with Crippen molar-refractivity contribution in [2.45, 2.75) is 5.92 Å². The Morgan fingerprint density at radius 2 is 0.611 bits per heavy atom. The molecule has 0 N–H and O–H groups in total. The van der Waals surface area contributed by atoms with Crippen molar-refractivity contribution in [3.8, 4) is 33.4 Å². The maximum Gasteiger partial charge on any atom is 0.0462 e. The van der Waals surface area contributed by atoms with Crippen molar-refractivity contribution in [2.24, 2.45) is 0 Å². The van der Waals surface area contributed by atoms with Gasteiger partial charge in [0.2, 0.25) is 0 Å². The summed E-state index contributed by atoms with van der Waals surface area (Å²) in [5.41, 5.74) is 14.4. The van der Waals surface area contributed by atoms with E-state index in [1.807, 2.05) is 0 Å². The molecule has 9 aromatic rings. The monoisotopic (exact) mass is 689 g/mol. The summed E-state index contributed by atoms with van der Waals surface area (Å²) >= 11 is 0. The van der Waals surface area contributed by atoms with E-state index in [0.29, 0.717) is 0 Å². The van der Waals surface area contributed by atoms with Crippen LogP contribution in [0, 0.1) is 0 Å². The van der Waals surface area contributed by atoms with Crippen molar-refractivity contribution in [3.63, 3.8) is 0 Å². The largest absolute Gasteiger partial charge is 0.311 e. The van der Waals surface area contributed by atoms with Crippen LogP contribution in [0.4, 0.5) is 17.1 Å². The van der Waals surface area contributed by atoms with Crippen LogP contribution < -0.4 is 4.90 Å². The fourth-order valence-corrected chi connectivity index (χ4v) is 7.68. The van der Waals surface area contributed by atoms with E-state index in [1.54, 1.807) is 0 Å². The van der Waals surface area contributed by atoms with Crippen molar-refractivity contribution in [2.75, 3.05) is 4.90 Å². The Kier molecular flexibility index (Phi) is 9.11. The van der Waals surface area contributed by atoms with Gasteiger partial charge in [-0.3, -0.25) is 0 Å². The highest BCUT2D eigenvalue weighted by Gasteiger charge is 2.19. The summed E-state index contributed by atoms with van der Waals surface area (Å²) in [6, 6.07) is 83.2. The maximum atomic E-state index is 2.34. The first kappa shape index (κ1) is 32.9. The molecule has 0 radical (unpaired) electrons. The summed E-state index contributed by atoms with van der Waals surface area (Å²) in [5, 5.41) is 2.56. The van der Waals surface area contributed by atoms with E-state index in [1.165, 1.54) is 60.8 Å². The third kappa shape index (κ3) is 6.72. The Morgan fingerprint density at radius 1 is 0.259 bits per heavy atom. The maximum absolute atomic E-state index is 2.34. The van der Waals surface area contributed by atoms with Gasteiger partial charge in [0.1, 0.15) is 0 Å². The van der Waals surface area contributed by atoms with Gasteiger partial charge in [-0.2, -0.15) is 0 Å². The lowest BCUT2D eigenvalue weighted by atomic mass is 9.82. The zero-order valence-corrected chi connectivity index (χ0v) is 30.0. The van der Waals surface area contributed by atoms with Gasteiger partial charge >= 0.3 is 0 Å². The van der Waals surface area contributed by atoms with Crippen molar-refractivity contribution < 1.29 is 0 Å². The Balaban J connectivity index is 1.05. The Bertz CT molecular complexity index is 2510. The molecule has 0 aliphatic rings. The van der Waals surface area contributed by atoms with Crippen LogP contribution in [0.2, 0.25) is 0 Å². The second-order valence-electron chi connectivity index (χ2n) is 13.7. The van der Waals surface area contributed by atoms with Crippen LogP contribution in [0.5, 0.6) is 0 Å². The Morgan fingerprint density at radius 3 is 1.09 bits per heavy atom. The summed E-state index contributed by atoms with van der Waals surface area (Å²) in [6.07, 6.45) is 0. The SMILES string of the molecule is c1ccc(-c2ccc(N(c3ccc(-c4ccccc4)cc3)c3ccc(-c4ccc(C(c5ccccc5)c5cccc6ccccc56)cc4)cc3)cc2)cc1. The van der Waals surface area contributed by atoms with Crippen LogP contribution in [0.1, 0.15) is 22.6 Å². The lowest BCUT2D eigenvalue weighted by Gasteiger charge is -2.26. The minimum Gasteiger partial charge on any atom is -0.311 e. The highest BCUT2D eigenvalue weighted by Crippen LogP contribution is 2.39. The van der Waals surface area contributed by atoms with Gasteiger partial charge in [0.25, 0.3) is 0 Å². The predicted octanol–water partition coefficient (Wildman–Crippen LogP) is 14.5. The standard InChI is InChI=1S/C53H39N/c1-4-13-39(14-5-1)42-27-33-48(34-28-42)54(49-35-29-43(30-36-49)40-15-6-2-7-16-40)50-37-31-44(32-38-50)41-23-25-47(26-24-41)53(46-18-8-3-9-19-46)52-22-12-20-45-17-10-11-21-51(45)52/h1-38,53H. The summed E-state index contributed by atoms with van der Waals surface area (Å²) in [7, 11) is 0. The third-order valence-corrected chi connectivity index (χ3v) is 10.4. The Hall–Kier alpha value is -6.96. The first-order valence-corrected chi connectivity index (χ1v) is 18.6. The van der Waals surface area contributed by atoms with Crippen molar-refractivity contribution in [3.05, 3.63) is 247 Å². The summed E-state index contributed by atoms with van der Waals surface area (Å²) in [6.45, 7) is 0. The second-order valence-corrected chi connectivity index (χ2v) is 13.7. The molecule has 9 rings (SSSR count). The van der Waals surface area contributed by atoms with E-state index in [9.17, 15) is 0 Å². The fourth-order valence-electron chi connectivity index (χ4n) is 7.68. The molecule has 0 spiro atoms. The average Bonchev–Trinajstić information content (AvgIpc) is 3.26. The smallest absolute Gasteiger partial charge is 0.0462 e. The number of hydrogen-bond donors (Lipinski definition) is 0. The number of anilines is 3. The molecule has 0 aliphatic carbocycles. The first-order valence-electron chi connectivity index (χ1n) is 18.6. The molecule has 0 amide bonds. The third-order valence-electron chi connectivity index (χ3n) is 10.4. The number of nitrogens with zero attached hydrogens (tertiary/aromatic N) is 1. The van der Waals surface area contributed by atoms with Gasteiger partial charge in [-0.25, -0.2) is 0 Å². The Labute approximate surface area is 318 Å². The molecule has 1 unspecified atom stereocenters. The molecule has 9 aromatic carbocycles. The molecule has 1 atom stereocenters. The first-order chi connectivity index (χ1) is 26.8. The predicted molar refractivity (Wildman–Crippen MR) is 229 cm³/mol. The highest BCUT2D eigenvalue weighted by molar-refractivity contribution is 5.87. The minimum atomic E-state index is 0.129. The fraction of sp³-hybridized carbons (Fsp3) is 0.0189.